The summed E-state index contributed by atoms with van der Waals surface area (Å²) in [7, 11) is 0. The number of nitrogens with zero attached hydrogens (tertiary/aromatic N) is 1. The number of rotatable bonds is 4. The Bertz CT molecular complexity index is 457. The van der Waals surface area contributed by atoms with E-state index in [1.54, 1.807) is 11.1 Å². The van der Waals surface area contributed by atoms with E-state index in [1.807, 2.05) is 0 Å². The zero-order valence-electron chi connectivity index (χ0n) is 13.6. The molecular formula is C19H30N2. The minimum Gasteiger partial charge on any atom is -0.309 e. The largest absolute Gasteiger partial charge is 0.309 e. The standard InChI is InChI=1S/C19H30N2/c1-3-12-20-19-17-9-5-4-7-16(17)8-6-10-18(19)21-13-11-15(2)14-21/h4-5,7,9,15,18-20H,3,6,8,10-14H2,1-2H3. The average Bonchev–Trinajstić information content (AvgIpc) is 2.84. The van der Waals surface area contributed by atoms with Crippen molar-refractivity contribution in [2.75, 3.05) is 19.6 Å². The molecule has 1 fully saturated rings. The number of hydrogen-bond donors (Lipinski definition) is 1. The Morgan fingerprint density at radius 1 is 1.24 bits per heavy atom. The summed E-state index contributed by atoms with van der Waals surface area (Å²) in [4.78, 5) is 2.76. The third-order valence-corrected chi connectivity index (χ3v) is 5.26. The highest BCUT2D eigenvalue weighted by molar-refractivity contribution is 5.32. The fourth-order valence-electron chi connectivity index (χ4n) is 4.15. The van der Waals surface area contributed by atoms with Crippen LogP contribution in [0.1, 0.15) is 56.7 Å². The van der Waals surface area contributed by atoms with Crippen LogP contribution in [0.25, 0.3) is 0 Å². The van der Waals surface area contributed by atoms with Crippen molar-refractivity contribution in [3.05, 3.63) is 35.4 Å². The Kier molecular flexibility index (Phi) is 4.97. The molecule has 0 spiro atoms. The van der Waals surface area contributed by atoms with Gasteiger partial charge >= 0.3 is 0 Å². The van der Waals surface area contributed by atoms with Gasteiger partial charge in [0.15, 0.2) is 0 Å². The summed E-state index contributed by atoms with van der Waals surface area (Å²) in [6, 6.07) is 10.3. The molecule has 2 heteroatoms. The zero-order valence-corrected chi connectivity index (χ0v) is 13.6. The second kappa shape index (κ2) is 6.93. The highest BCUT2D eigenvalue weighted by atomic mass is 15.2. The van der Waals surface area contributed by atoms with Gasteiger partial charge in [0.05, 0.1) is 0 Å². The number of fused-ring (bicyclic) bond motifs is 1. The lowest BCUT2D eigenvalue weighted by Crippen LogP contribution is -2.43. The molecule has 1 aliphatic carbocycles. The SMILES string of the molecule is CCCNC1c2ccccc2CCCC1N1CCC(C)C1. The van der Waals surface area contributed by atoms with Crippen LogP contribution in [0.5, 0.6) is 0 Å². The molecule has 0 radical (unpaired) electrons. The Balaban J connectivity index is 1.87. The third-order valence-electron chi connectivity index (χ3n) is 5.26. The summed E-state index contributed by atoms with van der Waals surface area (Å²) in [5.41, 5.74) is 3.13. The van der Waals surface area contributed by atoms with E-state index in [4.69, 9.17) is 0 Å². The first-order chi connectivity index (χ1) is 10.3. The van der Waals surface area contributed by atoms with E-state index in [0.29, 0.717) is 12.1 Å². The first kappa shape index (κ1) is 15.1. The van der Waals surface area contributed by atoms with Crippen molar-refractivity contribution in [2.24, 2.45) is 5.92 Å². The fraction of sp³-hybridized carbons (Fsp3) is 0.684. The molecule has 116 valence electrons. The summed E-state index contributed by atoms with van der Waals surface area (Å²) < 4.78 is 0. The predicted octanol–water partition coefficient (Wildman–Crippen LogP) is 3.77. The van der Waals surface area contributed by atoms with Crippen LogP contribution in [0, 0.1) is 5.92 Å². The molecule has 1 saturated heterocycles. The zero-order chi connectivity index (χ0) is 14.7. The van der Waals surface area contributed by atoms with Gasteiger partial charge in [-0.15, -0.1) is 0 Å². The first-order valence-electron chi connectivity index (χ1n) is 8.84. The molecule has 3 unspecified atom stereocenters. The summed E-state index contributed by atoms with van der Waals surface area (Å²) in [5.74, 6) is 0.871. The van der Waals surface area contributed by atoms with Crippen LogP contribution in [0.15, 0.2) is 24.3 Å². The van der Waals surface area contributed by atoms with E-state index in [1.165, 1.54) is 45.2 Å². The van der Waals surface area contributed by atoms with Gasteiger partial charge in [0, 0.05) is 18.6 Å². The third kappa shape index (κ3) is 3.32. The van der Waals surface area contributed by atoms with Gasteiger partial charge in [0.1, 0.15) is 0 Å². The van der Waals surface area contributed by atoms with Gasteiger partial charge in [0.2, 0.25) is 0 Å². The van der Waals surface area contributed by atoms with Gasteiger partial charge in [-0.3, -0.25) is 4.90 Å². The molecule has 0 aromatic heterocycles. The van der Waals surface area contributed by atoms with Crippen LogP contribution in [-0.2, 0) is 6.42 Å². The van der Waals surface area contributed by atoms with E-state index < -0.39 is 0 Å². The van der Waals surface area contributed by atoms with Crippen molar-refractivity contribution in [1.29, 1.82) is 0 Å². The quantitative estimate of drug-likeness (QED) is 0.848. The summed E-state index contributed by atoms with van der Waals surface area (Å²) in [6.45, 7) is 8.37. The van der Waals surface area contributed by atoms with Gasteiger partial charge in [0.25, 0.3) is 0 Å². The van der Waals surface area contributed by atoms with Gasteiger partial charge in [-0.25, -0.2) is 0 Å². The Morgan fingerprint density at radius 2 is 2.10 bits per heavy atom. The monoisotopic (exact) mass is 286 g/mol. The maximum absolute atomic E-state index is 3.87. The molecule has 1 aromatic rings. The molecule has 3 atom stereocenters. The van der Waals surface area contributed by atoms with Gasteiger partial charge < -0.3 is 5.32 Å². The topological polar surface area (TPSA) is 15.3 Å². The Hall–Kier alpha value is -0.860. The molecule has 1 aliphatic heterocycles. The van der Waals surface area contributed by atoms with Gasteiger partial charge in [-0.1, -0.05) is 38.1 Å². The number of likely N-dealkylation sites (tertiary alicyclic amines) is 1. The molecular weight excluding hydrogens is 256 g/mol. The number of benzene rings is 1. The first-order valence-corrected chi connectivity index (χ1v) is 8.84. The van der Waals surface area contributed by atoms with Gasteiger partial charge in [-0.05, 0) is 62.2 Å². The van der Waals surface area contributed by atoms with E-state index in [2.05, 4.69) is 48.3 Å². The lowest BCUT2D eigenvalue weighted by Gasteiger charge is -2.35. The molecule has 0 amide bonds. The van der Waals surface area contributed by atoms with Crippen LogP contribution in [0.4, 0.5) is 0 Å². The normalized spacial score (nSPS) is 30.1. The fourth-order valence-corrected chi connectivity index (χ4v) is 4.15. The van der Waals surface area contributed by atoms with Crippen LogP contribution < -0.4 is 5.32 Å². The lowest BCUT2D eigenvalue weighted by molar-refractivity contribution is 0.177. The minimum absolute atomic E-state index is 0.522. The minimum atomic E-state index is 0.522. The second-order valence-corrected chi connectivity index (χ2v) is 6.98. The van der Waals surface area contributed by atoms with Crippen LogP contribution in [0.3, 0.4) is 0 Å². The molecule has 1 N–H and O–H groups in total. The summed E-state index contributed by atoms with van der Waals surface area (Å²) in [5, 5.41) is 3.87. The van der Waals surface area contributed by atoms with E-state index >= 15 is 0 Å². The number of hydrogen-bond acceptors (Lipinski definition) is 2. The van der Waals surface area contributed by atoms with Crippen molar-refractivity contribution < 1.29 is 0 Å². The average molecular weight is 286 g/mol. The molecule has 1 aromatic carbocycles. The van der Waals surface area contributed by atoms with Crippen molar-refractivity contribution in [3.63, 3.8) is 0 Å². The molecule has 2 nitrogen and oxygen atoms in total. The van der Waals surface area contributed by atoms with Crippen molar-refractivity contribution >= 4 is 0 Å². The summed E-state index contributed by atoms with van der Waals surface area (Å²) >= 11 is 0. The van der Waals surface area contributed by atoms with E-state index in [9.17, 15) is 0 Å². The maximum Gasteiger partial charge on any atom is 0.0480 e. The number of aryl methyl sites for hydroxylation is 1. The van der Waals surface area contributed by atoms with Crippen LogP contribution >= 0.6 is 0 Å². The number of nitrogens with one attached hydrogen (secondary N) is 1. The van der Waals surface area contributed by atoms with Crippen molar-refractivity contribution in [2.45, 2.75) is 58.0 Å². The molecule has 3 rings (SSSR count). The van der Waals surface area contributed by atoms with E-state index in [0.717, 1.165) is 12.5 Å². The van der Waals surface area contributed by atoms with Crippen LogP contribution in [0.2, 0.25) is 0 Å². The second-order valence-electron chi connectivity index (χ2n) is 6.98. The molecule has 1 heterocycles. The predicted molar refractivity (Wildman–Crippen MR) is 89.6 cm³/mol. The van der Waals surface area contributed by atoms with Crippen molar-refractivity contribution in [1.82, 2.24) is 10.2 Å². The Morgan fingerprint density at radius 3 is 2.86 bits per heavy atom. The van der Waals surface area contributed by atoms with E-state index in [-0.39, 0.29) is 0 Å². The van der Waals surface area contributed by atoms with Crippen molar-refractivity contribution in [3.8, 4) is 0 Å². The maximum atomic E-state index is 3.87. The summed E-state index contributed by atoms with van der Waals surface area (Å²) in [6.07, 6.45) is 6.50. The Labute approximate surface area is 129 Å². The van der Waals surface area contributed by atoms with Crippen LogP contribution in [-0.4, -0.2) is 30.6 Å². The highest BCUT2D eigenvalue weighted by Crippen LogP contribution is 2.34. The smallest absolute Gasteiger partial charge is 0.0480 e. The molecule has 0 bridgehead atoms. The highest BCUT2D eigenvalue weighted by Gasteiger charge is 2.34. The molecule has 21 heavy (non-hydrogen) atoms. The molecule has 0 saturated carbocycles. The van der Waals surface area contributed by atoms with Gasteiger partial charge in [-0.2, -0.15) is 0 Å². The molecule has 2 aliphatic rings. The lowest BCUT2D eigenvalue weighted by atomic mass is 9.95.